The second-order valence-corrected chi connectivity index (χ2v) is 16.5. The van der Waals surface area contributed by atoms with Gasteiger partial charge >= 0.3 is 19.8 Å². The van der Waals surface area contributed by atoms with Crippen molar-refractivity contribution < 1.29 is 52.9 Å². The number of allylic oxidation sites excluding steroid dienone is 10. The Morgan fingerprint density at radius 1 is 0.638 bits per heavy atom. The van der Waals surface area contributed by atoms with Gasteiger partial charge < -0.3 is 29.7 Å². The molecule has 0 radical (unpaired) electrons. The van der Waals surface area contributed by atoms with Crippen LogP contribution in [0.25, 0.3) is 0 Å². The number of hydrogen-bond acceptors (Lipinski definition) is 10. The minimum atomic E-state index is -4.65. The van der Waals surface area contributed by atoms with E-state index in [9.17, 15) is 29.3 Å². The fraction of sp³-hybridized carbons (Fsp3) is 0.696. The van der Waals surface area contributed by atoms with Crippen molar-refractivity contribution in [1.82, 2.24) is 0 Å². The molecule has 4 atom stereocenters. The largest absolute Gasteiger partial charge is 0.472 e. The molecule has 0 spiro atoms. The lowest BCUT2D eigenvalue weighted by Gasteiger charge is -2.20. The van der Waals surface area contributed by atoms with Crippen molar-refractivity contribution in [3.63, 3.8) is 0 Å². The number of phosphoric ester groups is 1. The number of hydrogen-bond donors (Lipinski definition) is 4. The van der Waals surface area contributed by atoms with Crippen molar-refractivity contribution in [3.05, 3.63) is 72.9 Å². The Morgan fingerprint density at radius 3 is 1.78 bits per heavy atom. The molecule has 11 nitrogen and oxygen atoms in total. The summed E-state index contributed by atoms with van der Waals surface area (Å²) in [5.41, 5.74) is 0. The summed E-state index contributed by atoms with van der Waals surface area (Å²) >= 11 is 0. The number of phosphoric acid groups is 1. The van der Waals surface area contributed by atoms with E-state index in [4.69, 9.17) is 19.1 Å². The van der Waals surface area contributed by atoms with Gasteiger partial charge in [0.05, 0.1) is 25.9 Å². The average Bonchev–Trinajstić information content (AvgIpc) is 3.19. The zero-order chi connectivity index (χ0) is 43.0. The van der Waals surface area contributed by atoms with Crippen LogP contribution in [0.2, 0.25) is 0 Å². The highest BCUT2D eigenvalue weighted by atomic mass is 31.2. The van der Waals surface area contributed by atoms with Crippen LogP contribution < -0.4 is 0 Å². The van der Waals surface area contributed by atoms with Crippen LogP contribution in [0, 0.1) is 5.92 Å². The summed E-state index contributed by atoms with van der Waals surface area (Å²) in [7, 11) is -4.65. The Hall–Kier alpha value is -2.63. The Morgan fingerprint density at radius 2 is 1.19 bits per heavy atom. The Kier molecular flexibility index (Phi) is 38.0. The van der Waals surface area contributed by atoms with Gasteiger partial charge in [0.25, 0.3) is 0 Å². The van der Waals surface area contributed by atoms with Crippen molar-refractivity contribution in [2.45, 2.75) is 174 Å². The van der Waals surface area contributed by atoms with Gasteiger partial charge in [-0.1, -0.05) is 171 Å². The van der Waals surface area contributed by atoms with E-state index in [1.807, 2.05) is 48.6 Å². The maximum absolute atomic E-state index is 12.6. The van der Waals surface area contributed by atoms with Crippen LogP contribution in [0.15, 0.2) is 72.9 Å². The molecule has 0 heterocycles. The minimum absolute atomic E-state index is 0.0984. The normalized spacial score (nSPS) is 15.2. The third-order valence-corrected chi connectivity index (χ3v) is 9.85. The second-order valence-electron chi connectivity index (χ2n) is 15.0. The Balaban J connectivity index is 4.45. The van der Waals surface area contributed by atoms with Crippen LogP contribution in [-0.4, -0.2) is 76.9 Å². The summed E-state index contributed by atoms with van der Waals surface area (Å²) in [5.74, 6) is -0.250. The second kappa shape index (κ2) is 39.8. The summed E-state index contributed by atoms with van der Waals surface area (Å²) in [5, 5.41) is 28.2. The SMILES string of the molecule is CC/C=C\CC(O)/C=C/C=C/C/C=C\C/C=C\C/C=C\CCC(=O)OC[C@H](COP(=O)(O)OC[C@@H](O)CO)OC(=O)CCCCCCCCCCCCCCC(C)C. The molecule has 0 bridgehead atoms. The van der Waals surface area contributed by atoms with E-state index in [1.54, 1.807) is 6.08 Å². The molecule has 0 fully saturated rings. The number of ether oxygens (including phenoxy) is 2. The number of esters is 2. The van der Waals surface area contributed by atoms with Crippen LogP contribution >= 0.6 is 7.82 Å². The van der Waals surface area contributed by atoms with Crippen molar-refractivity contribution in [1.29, 1.82) is 0 Å². The first-order chi connectivity index (χ1) is 28.0. The van der Waals surface area contributed by atoms with Gasteiger partial charge in [0, 0.05) is 12.8 Å². The fourth-order valence-electron chi connectivity index (χ4n) is 5.52. The summed E-state index contributed by atoms with van der Waals surface area (Å²) in [6.45, 7) is 4.38. The van der Waals surface area contributed by atoms with Gasteiger partial charge in [-0.05, 0) is 50.9 Å². The monoisotopic (exact) mass is 839 g/mol. The molecule has 0 saturated heterocycles. The van der Waals surface area contributed by atoms with E-state index >= 15 is 0 Å². The topological polar surface area (TPSA) is 169 Å². The lowest BCUT2D eigenvalue weighted by atomic mass is 10.0. The first-order valence-electron chi connectivity index (χ1n) is 21.9. The molecule has 12 heteroatoms. The highest BCUT2D eigenvalue weighted by Crippen LogP contribution is 2.43. The van der Waals surface area contributed by atoms with Gasteiger partial charge in [0.1, 0.15) is 12.7 Å². The molecule has 0 aromatic carbocycles. The Bertz CT molecular complexity index is 1220. The van der Waals surface area contributed by atoms with Gasteiger partial charge in [-0.2, -0.15) is 0 Å². The van der Waals surface area contributed by atoms with Crippen LogP contribution in [0.3, 0.4) is 0 Å². The van der Waals surface area contributed by atoms with Crippen LogP contribution in [-0.2, 0) is 32.7 Å². The molecule has 0 aromatic heterocycles. The lowest BCUT2D eigenvalue weighted by Crippen LogP contribution is -2.29. The van der Waals surface area contributed by atoms with Crippen LogP contribution in [0.5, 0.6) is 0 Å². The number of aliphatic hydroxyl groups excluding tert-OH is 3. The van der Waals surface area contributed by atoms with Crippen molar-refractivity contribution in [3.8, 4) is 0 Å². The number of rotatable bonds is 39. The standard InChI is InChI=1S/C46H79O11P/c1-4-5-27-33-42(48)34-29-24-20-16-12-7-6-8-13-17-21-25-30-35-45(50)54-39-44(40-56-58(52,53)55-38-43(49)37-47)57-46(51)36-31-26-22-18-14-10-9-11-15-19-23-28-32-41(2)3/h5,7-8,12-13,20-21,24-25,27,29,34,41-44,47-49H,4,6,9-11,14-19,22-23,26,28,30-33,35-40H2,1-3H3,(H,52,53)/b12-7-,13-8-,24-20+,25-21-,27-5-,34-29+/t42?,43-,44+/m0/s1. The number of carbonyl (C=O) groups excluding carboxylic acids is 2. The smallest absolute Gasteiger partial charge is 0.462 e. The quantitative estimate of drug-likeness (QED) is 0.0153. The van der Waals surface area contributed by atoms with E-state index in [-0.39, 0.29) is 19.4 Å². The molecule has 0 amide bonds. The zero-order valence-corrected chi connectivity index (χ0v) is 36.9. The van der Waals surface area contributed by atoms with Crippen molar-refractivity contribution >= 4 is 19.8 Å². The minimum Gasteiger partial charge on any atom is -0.462 e. The van der Waals surface area contributed by atoms with Gasteiger partial charge in [0.2, 0.25) is 0 Å². The number of unbranched alkanes of at least 4 members (excludes halogenated alkanes) is 11. The van der Waals surface area contributed by atoms with Crippen LogP contribution in [0.4, 0.5) is 0 Å². The molecule has 334 valence electrons. The molecule has 2 unspecified atom stereocenters. The van der Waals surface area contributed by atoms with E-state index in [0.717, 1.165) is 50.9 Å². The van der Waals surface area contributed by atoms with Crippen LogP contribution in [0.1, 0.15) is 156 Å². The molecule has 0 saturated carbocycles. The third kappa shape index (κ3) is 40.2. The van der Waals surface area contributed by atoms with Crippen molar-refractivity contribution in [2.24, 2.45) is 5.92 Å². The Labute approximate surface area is 351 Å². The van der Waals surface area contributed by atoms with E-state index in [2.05, 4.69) is 43.5 Å². The molecule has 4 N–H and O–H groups in total. The molecule has 0 aromatic rings. The maximum atomic E-state index is 12.6. The third-order valence-electron chi connectivity index (χ3n) is 8.90. The first kappa shape index (κ1) is 55.4. The molecule has 0 rings (SSSR count). The molecule has 58 heavy (non-hydrogen) atoms. The molecular weight excluding hydrogens is 759 g/mol. The van der Waals surface area contributed by atoms with Crippen molar-refractivity contribution in [2.75, 3.05) is 26.4 Å². The van der Waals surface area contributed by atoms with E-state index in [1.165, 1.54) is 57.8 Å². The predicted octanol–water partition coefficient (Wildman–Crippen LogP) is 10.5. The van der Waals surface area contributed by atoms with Gasteiger partial charge in [-0.3, -0.25) is 18.6 Å². The van der Waals surface area contributed by atoms with E-state index in [0.29, 0.717) is 19.3 Å². The summed E-state index contributed by atoms with van der Waals surface area (Å²) in [4.78, 5) is 35.0. The summed E-state index contributed by atoms with van der Waals surface area (Å²) in [6.07, 6.45) is 40.7. The van der Waals surface area contributed by atoms with E-state index < -0.39 is 57.9 Å². The zero-order valence-electron chi connectivity index (χ0n) is 36.0. The highest BCUT2D eigenvalue weighted by Gasteiger charge is 2.27. The summed E-state index contributed by atoms with van der Waals surface area (Å²) in [6, 6.07) is 0. The molecular formula is C46H79O11P. The van der Waals surface area contributed by atoms with Gasteiger partial charge in [-0.25, -0.2) is 4.57 Å². The predicted molar refractivity (Wildman–Crippen MR) is 234 cm³/mol. The maximum Gasteiger partial charge on any atom is 0.472 e. The molecule has 0 aliphatic carbocycles. The fourth-order valence-corrected chi connectivity index (χ4v) is 6.31. The first-order valence-corrected chi connectivity index (χ1v) is 23.4. The van der Waals surface area contributed by atoms with Gasteiger partial charge in [-0.15, -0.1) is 0 Å². The van der Waals surface area contributed by atoms with Gasteiger partial charge in [0.15, 0.2) is 6.10 Å². The highest BCUT2D eigenvalue weighted by molar-refractivity contribution is 7.47. The molecule has 0 aliphatic rings. The lowest BCUT2D eigenvalue weighted by molar-refractivity contribution is -0.161. The summed E-state index contributed by atoms with van der Waals surface area (Å²) < 4.78 is 32.6. The average molecular weight is 839 g/mol. The molecule has 0 aliphatic heterocycles. The number of carbonyl (C=O) groups is 2. The number of aliphatic hydroxyl groups is 3.